The number of carbonyl (C=O) groups excluding carboxylic acids is 2. The fraction of sp³-hybridized carbons (Fsp3) is 0.263. The summed E-state index contributed by atoms with van der Waals surface area (Å²) in [6.07, 6.45) is 0.488. The van der Waals surface area contributed by atoms with Crippen LogP contribution in [0.4, 0.5) is 5.69 Å². The van der Waals surface area contributed by atoms with Gasteiger partial charge in [0.1, 0.15) is 11.5 Å². The maximum atomic E-state index is 12.1. The van der Waals surface area contributed by atoms with Crippen molar-refractivity contribution in [3.8, 4) is 11.5 Å². The number of rotatable bonds is 6. The molecule has 0 saturated heterocycles. The van der Waals surface area contributed by atoms with Crippen molar-refractivity contribution in [3.63, 3.8) is 0 Å². The molecule has 1 amide bonds. The van der Waals surface area contributed by atoms with Crippen LogP contribution in [0.15, 0.2) is 48.5 Å². The van der Waals surface area contributed by atoms with Gasteiger partial charge in [-0.15, -0.1) is 0 Å². The molecule has 126 valence electrons. The fourth-order valence-corrected chi connectivity index (χ4v) is 1.96. The normalized spacial score (nSPS) is 10.3. The maximum Gasteiger partial charge on any atom is 0.343 e. The summed E-state index contributed by atoms with van der Waals surface area (Å²) >= 11 is 0. The van der Waals surface area contributed by atoms with E-state index in [-0.39, 0.29) is 12.0 Å². The number of anilines is 1. The molecule has 0 aromatic heterocycles. The molecule has 0 aliphatic carbocycles. The summed E-state index contributed by atoms with van der Waals surface area (Å²) in [6, 6.07) is 13.5. The SMILES string of the molecule is CCC(=O)Nc1ccc(OC(=O)c2ccc(OC(C)C)cc2)cc1. The van der Waals surface area contributed by atoms with Crippen LogP contribution in [-0.2, 0) is 4.79 Å². The molecular formula is C19H21NO4. The highest BCUT2D eigenvalue weighted by atomic mass is 16.5. The molecule has 0 aliphatic rings. The van der Waals surface area contributed by atoms with Crippen LogP contribution in [0, 0.1) is 0 Å². The summed E-state index contributed by atoms with van der Waals surface area (Å²) in [5.41, 5.74) is 1.10. The van der Waals surface area contributed by atoms with Crippen molar-refractivity contribution in [3.05, 3.63) is 54.1 Å². The van der Waals surface area contributed by atoms with Gasteiger partial charge in [0.2, 0.25) is 5.91 Å². The van der Waals surface area contributed by atoms with E-state index >= 15 is 0 Å². The Morgan fingerprint density at radius 3 is 2.08 bits per heavy atom. The molecule has 5 nitrogen and oxygen atoms in total. The van der Waals surface area contributed by atoms with Crippen LogP contribution in [0.2, 0.25) is 0 Å². The van der Waals surface area contributed by atoms with Crippen LogP contribution in [0.5, 0.6) is 11.5 Å². The molecule has 0 radical (unpaired) electrons. The third-order valence-electron chi connectivity index (χ3n) is 3.13. The minimum atomic E-state index is -0.448. The fourth-order valence-electron chi connectivity index (χ4n) is 1.96. The highest BCUT2D eigenvalue weighted by Crippen LogP contribution is 2.19. The predicted molar refractivity (Wildman–Crippen MR) is 92.5 cm³/mol. The monoisotopic (exact) mass is 327 g/mol. The predicted octanol–water partition coefficient (Wildman–Crippen LogP) is 4.04. The molecule has 0 bridgehead atoms. The van der Waals surface area contributed by atoms with Crippen molar-refractivity contribution in [1.82, 2.24) is 0 Å². The Bertz CT molecular complexity index is 690. The van der Waals surface area contributed by atoms with E-state index in [1.807, 2.05) is 13.8 Å². The van der Waals surface area contributed by atoms with E-state index < -0.39 is 5.97 Å². The number of amides is 1. The Hall–Kier alpha value is -2.82. The Labute approximate surface area is 141 Å². The molecular weight excluding hydrogens is 306 g/mol. The molecule has 0 fully saturated rings. The Morgan fingerprint density at radius 2 is 1.54 bits per heavy atom. The molecule has 0 aliphatic heterocycles. The van der Waals surface area contributed by atoms with Crippen molar-refractivity contribution in [2.45, 2.75) is 33.3 Å². The summed E-state index contributed by atoms with van der Waals surface area (Å²) in [4.78, 5) is 23.4. The summed E-state index contributed by atoms with van der Waals surface area (Å²) in [5.74, 6) is 0.606. The third-order valence-corrected chi connectivity index (χ3v) is 3.13. The molecule has 0 spiro atoms. The van der Waals surface area contributed by atoms with Gasteiger partial charge >= 0.3 is 5.97 Å². The highest BCUT2D eigenvalue weighted by molar-refractivity contribution is 5.92. The zero-order valence-corrected chi connectivity index (χ0v) is 14.0. The van der Waals surface area contributed by atoms with Crippen molar-refractivity contribution < 1.29 is 19.1 Å². The zero-order chi connectivity index (χ0) is 17.5. The van der Waals surface area contributed by atoms with Crippen molar-refractivity contribution in [2.75, 3.05) is 5.32 Å². The average Bonchev–Trinajstić information content (AvgIpc) is 2.56. The van der Waals surface area contributed by atoms with Gasteiger partial charge in [0, 0.05) is 12.1 Å². The van der Waals surface area contributed by atoms with E-state index in [0.29, 0.717) is 29.2 Å². The van der Waals surface area contributed by atoms with Crippen LogP contribution in [0.1, 0.15) is 37.6 Å². The minimum absolute atomic E-state index is 0.0662. The largest absolute Gasteiger partial charge is 0.491 e. The number of hydrogen-bond acceptors (Lipinski definition) is 4. The van der Waals surface area contributed by atoms with Crippen LogP contribution < -0.4 is 14.8 Å². The van der Waals surface area contributed by atoms with Gasteiger partial charge in [0.05, 0.1) is 11.7 Å². The first-order chi connectivity index (χ1) is 11.5. The van der Waals surface area contributed by atoms with Crippen LogP contribution in [0.25, 0.3) is 0 Å². The quantitative estimate of drug-likeness (QED) is 0.642. The standard InChI is InChI=1S/C19H21NO4/c1-4-18(21)20-15-7-11-17(12-8-15)24-19(22)14-5-9-16(10-6-14)23-13(2)3/h5-13H,4H2,1-3H3,(H,20,21). The maximum absolute atomic E-state index is 12.1. The van der Waals surface area contributed by atoms with Crippen LogP contribution in [0.3, 0.4) is 0 Å². The lowest BCUT2D eigenvalue weighted by atomic mass is 10.2. The molecule has 1 N–H and O–H groups in total. The lowest BCUT2D eigenvalue weighted by Crippen LogP contribution is -2.10. The second kappa shape index (κ2) is 8.15. The van der Waals surface area contributed by atoms with Gasteiger partial charge in [-0.05, 0) is 62.4 Å². The average molecular weight is 327 g/mol. The molecule has 2 rings (SSSR count). The number of carbonyl (C=O) groups is 2. The summed E-state index contributed by atoms with van der Waals surface area (Å²) in [7, 11) is 0. The van der Waals surface area contributed by atoms with Crippen LogP contribution >= 0.6 is 0 Å². The van der Waals surface area contributed by atoms with Gasteiger partial charge in [-0.3, -0.25) is 4.79 Å². The van der Waals surface area contributed by atoms with E-state index in [2.05, 4.69) is 5.32 Å². The number of hydrogen-bond donors (Lipinski definition) is 1. The lowest BCUT2D eigenvalue weighted by Gasteiger charge is -2.10. The Kier molecular flexibility index (Phi) is 5.95. The van der Waals surface area contributed by atoms with E-state index in [1.165, 1.54) is 0 Å². The number of nitrogens with one attached hydrogen (secondary N) is 1. The van der Waals surface area contributed by atoms with E-state index in [0.717, 1.165) is 0 Å². The molecule has 0 atom stereocenters. The minimum Gasteiger partial charge on any atom is -0.491 e. The molecule has 5 heteroatoms. The van der Waals surface area contributed by atoms with Crippen LogP contribution in [-0.4, -0.2) is 18.0 Å². The number of benzene rings is 2. The topological polar surface area (TPSA) is 64.6 Å². The third kappa shape index (κ3) is 5.12. The summed E-state index contributed by atoms with van der Waals surface area (Å²) < 4.78 is 10.8. The second-order valence-electron chi connectivity index (χ2n) is 5.51. The van der Waals surface area contributed by atoms with E-state index in [1.54, 1.807) is 55.5 Å². The van der Waals surface area contributed by atoms with Gasteiger partial charge in [0.15, 0.2) is 0 Å². The van der Waals surface area contributed by atoms with Gasteiger partial charge in [-0.2, -0.15) is 0 Å². The Balaban J connectivity index is 1.97. The molecule has 0 unspecified atom stereocenters. The zero-order valence-electron chi connectivity index (χ0n) is 14.0. The number of esters is 1. The highest BCUT2D eigenvalue weighted by Gasteiger charge is 2.09. The Morgan fingerprint density at radius 1 is 0.958 bits per heavy atom. The first kappa shape index (κ1) is 17.5. The van der Waals surface area contributed by atoms with Gasteiger partial charge in [-0.1, -0.05) is 6.92 Å². The van der Waals surface area contributed by atoms with E-state index in [9.17, 15) is 9.59 Å². The second-order valence-corrected chi connectivity index (χ2v) is 5.51. The van der Waals surface area contributed by atoms with Gasteiger partial charge in [-0.25, -0.2) is 4.79 Å². The summed E-state index contributed by atoms with van der Waals surface area (Å²) in [6.45, 7) is 5.66. The van der Waals surface area contributed by atoms with E-state index in [4.69, 9.17) is 9.47 Å². The summed E-state index contributed by atoms with van der Waals surface area (Å²) in [5, 5.41) is 2.73. The molecule has 2 aromatic rings. The van der Waals surface area contributed by atoms with Crippen molar-refractivity contribution in [1.29, 1.82) is 0 Å². The lowest BCUT2D eigenvalue weighted by molar-refractivity contribution is -0.115. The van der Waals surface area contributed by atoms with Gasteiger partial charge in [0.25, 0.3) is 0 Å². The molecule has 2 aromatic carbocycles. The molecule has 24 heavy (non-hydrogen) atoms. The van der Waals surface area contributed by atoms with Crippen molar-refractivity contribution in [2.24, 2.45) is 0 Å². The van der Waals surface area contributed by atoms with Crippen molar-refractivity contribution >= 4 is 17.6 Å². The smallest absolute Gasteiger partial charge is 0.343 e. The number of ether oxygens (including phenoxy) is 2. The molecule has 0 heterocycles. The molecule has 0 saturated carbocycles. The first-order valence-electron chi connectivity index (χ1n) is 7.86. The first-order valence-corrected chi connectivity index (χ1v) is 7.86. The van der Waals surface area contributed by atoms with Gasteiger partial charge < -0.3 is 14.8 Å².